The molecule has 2 aliphatic heterocycles. The average Bonchev–Trinajstić information content (AvgIpc) is 3.09. The molecule has 0 aliphatic carbocycles. The van der Waals surface area contributed by atoms with Crippen molar-refractivity contribution in [2.75, 3.05) is 51.0 Å². The molecule has 2 saturated heterocycles. The van der Waals surface area contributed by atoms with Gasteiger partial charge in [-0.05, 0) is 19.4 Å². The van der Waals surface area contributed by atoms with Crippen LogP contribution in [-0.4, -0.2) is 57.2 Å². The van der Waals surface area contributed by atoms with E-state index in [1.165, 1.54) is 30.7 Å². The highest BCUT2D eigenvalue weighted by Crippen LogP contribution is 2.45. The van der Waals surface area contributed by atoms with Gasteiger partial charge in [0.05, 0.1) is 7.11 Å². The highest BCUT2D eigenvalue weighted by Gasteiger charge is 2.33. The molecule has 116 valence electrons. The second kappa shape index (κ2) is 5.73. The quantitative estimate of drug-likeness (QED) is 0.871. The lowest BCUT2D eigenvalue weighted by Gasteiger charge is -2.38. The molecule has 21 heavy (non-hydrogen) atoms. The number of nitrogens with two attached hydrogens (primary N) is 1. The third-order valence-corrected chi connectivity index (χ3v) is 5.64. The second-order valence-electron chi connectivity index (χ2n) is 5.54. The van der Waals surface area contributed by atoms with E-state index < -0.39 is 0 Å². The van der Waals surface area contributed by atoms with E-state index in [1.54, 1.807) is 14.2 Å². The van der Waals surface area contributed by atoms with E-state index in [4.69, 9.17) is 10.5 Å². The summed E-state index contributed by atoms with van der Waals surface area (Å²) >= 11 is 1.43. The maximum Gasteiger partial charge on any atom is 0.263 e. The van der Waals surface area contributed by atoms with Gasteiger partial charge < -0.3 is 20.7 Å². The first-order valence-electron chi connectivity index (χ1n) is 7.33. The minimum atomic E-state index is -0.151. The van der Waals surface area contributed by atoms with Gasteiger partial charge in [-0.15, -0.1) is 11.3 Å². The molecule has 0 aromatic carbocycles. The SMILES string of the molecule is CNC(=O)c1sc(N2CCN3CCCC3C2)c(OC)c1N. The molecule has 0 saturated carbocycles. The highest BCUT2D eigenvalue weighted by atomic mass is 32.1. The number of ether oxygens (including phenoxy) is 1. The number of fused-ring (bicyclic) bond motifs is 1. The van der Waals surface area contributed by atoms with Crippen LogP contribution in [0.5, 0.6) is 5.75 Å². The Morgan fingerprint density at radius 1 is 1.43 bits per heavy atom. The number of thiophene rings is 1. The molecule has 3 heterocycles. The average molecular weight is 310 g/mol. The van der Waals surface area contributed by atoms with Gasteiger partial charge in [-0.2, -0.15) is 0 Å². The van der Waals surface area contributed by atoms with Gasteiger partial charge in [0.2, 0.25) is 0 Å². The molecule has 1 unspecified atom stereocenters. The van der Waals surface area contributed by atoms with Gasteiger partial charge in [-0.1, -0.05) is 0 Å². The summed E-state index contributed by atoms with van der Waals surface area (Å²) in [6.07, 6.45) is 2.54. The Morgan fingerprint density at radius 3 is 2.95 bits per heavy atom. The standard InChI is InChI=1S/C14H22N4O2S/c1-16-13(19)12-10(15)11(20-2)14(21-12)18-7-6-17-5-3-4-9(17)8-18/h9H,3-8,15H2,1-2H3,(H,16,19). The van der Waals surface area contributed by atoms with Crippen molar-refractivity contribution in [2.24, 2.45) is 0 Å². The molecule has 0 radical (unpaired) electrons. The van der Waals surface area contributed by atoms with Crippen LogP contribution in [0, 0.1) is 0 Å². The Bertz CT molecular complexity index is 545. The number of hydrogen-bond donors (Lipinski definition) is 2. The smallest absolute Gasteiger partial charge is 0.263 e. The monoisotopic (exact) mass is 310 g/mol. The number of rotatable bonds is 3. The van der Waals surface area contributed by atoms with Crippen LogP contribution in [0.4, 0.5) is 10.7 Å². The fourth-order valence-corrected chi connectivity index (χ4v) is 4.45. The maximum absolute atomic E-state index is 11.9. The Kier molecular flexibility index (Phi) is 3.95. The Morgan fingerprint density at radius 2 is 2.24 bits per heavy atom. The summed E-state index contributed by atoms with van der Waals surface area (Å²) in [7, 11) is 3.23. The number of piperazine rings is 1. The topological polar surface area (TPSA) is 70.8 Å². The van der Waals surface area contributed by atoms with Gasteiger partial charge >= 0.3 is 0 Å². The van der Waals surface area contributed by atoms with E-state index in [0.717, 1.165) is 24.6 Å². The van der Waals surface area contributed by atoms with Crippen molar-refractivity contribution in [2.45, 2.75) is 18.9 Å². The molecule has 1 amide bonds. The molecular weight excluding hydrogens is 288 g/mol. The molecule has 2 fully saturated rings. The number of methoxy groups -OCH3 is 1. The first-order valence-corrected chi connectivity index (χ1v) is 8.14. The molecular formula is C14H22N4O2S. The van der Waals surface area contributed by atoms with Crippen LogP contribution < -0.4 is 20.7 Å². The zero-order valence-electron chi connectivity index (χ0n) is 12.5. The third-order valence-electron chi connectivity index (χ3n) is 4.39. The summed E-state index contributed by atoms with van der Waals surface area (Å²) in [5.74, 6) is 0.492. The van der Waals surface area contributed by atoms with Crippen LogP contribution in [0.2, 0.25) is 0 Å². The van der Waals surface area contributed by atoms with Crippen LogP contribution >= 0.6 is 11.3 Å². The van der Waals surface area contributed by atoms with Crippen LogP contribution in [0.3, 0.4) is 0 Å². The van der Waals surface area contributed by atoms with Crippen molar-refractivity contribution in [3.63, 3.8) is 0 Å². The lowest BCUT2D eigenvalue weighted by Crippen LogP contribution is -2.50. The van der Waals surface area contributed by atoms with E-state index in [9.17, 15) is 4.79 Å². The van der Waals surface area contributed by atoms with Crippen LogP contribution in [0.1, 0.15) is 22.5 Å². The van der Waals surface area contributed by atoms with E-state index in [-0.39, 0.29) is 5.91 Å². The van der Waals surface area contributed by atoms with Crippen LogP contribution in [0.25, 0.3) is 0 Å². The van der Waals surface area contributed by atoms with E-state index in [2.05, 4.69) is 15.1 Å². The predicted molar refractivity (Wildman–Crippen MR) is 85.5 cm³/mol. The predicted octanol–water partition coefficient (Wildman–Crippen LogP) is 0.983. The van der Waals surface area contributed by atoms with Crippen molar-refractivity contribution in [1.29, 1.82) is 0 Å². The van der Waals surface area contributed by atoms with Crippen LogP contribution in [0.15, 0.2) is 0 Å². The first-order chi connectivity index (χ1) is 10.2. The van der Waals surface area contributed by atoms with Crippen LogP contribution in [-0.2, 0) is 0 Å². The molecule has 7 heteroatoms. The summed E-state index contributed by atoms with van der Waals surface area (Å²) < 4.78 is 5.47. The van der Waals surface area contributed by atoms with Gasteiger partial charge in [-0.25, -0.2) is 0 Å². The molecule has 1 aromatic heterocycles. The molecule has 1 aromatic rings. The van der Waals surface area contributed by atoms with Gasteiger partial charge in [0.15, 0.2) is 5.75 Å². The normalized spacial score (nSPS) is 22.2. The molecule has 0 spiro atoms. The number of nitrogens with zero attached hydrogens (tertiary/aromatic N) is 2. The van der Waals surface area contributed by atoms with Crippen molar-refractivity contribution in [3.05, 3.63) is 4.88 Å². The van der Waals surface area contributed by atoms with Crippen molar-refractivity contribution < 1.29 is 9.53 Å². The van der Waals surface area contributed by atoms with Crippen molar-refractivity contribution >= 4 is 27.9 Å². The van der Waals surface area contributed by atoms with Gasteiger partial charge in [0.25, 0.3) is 5.91 Å². The zero-order chi connectivity index (χ0) is 15.0. The fourth-order valence-electron chi connectivity index (χ4n) is 3.28. The fraction of sp³-hybridized carbons (Fsp3) is 0.643. The summed E-state index contributed by atoms with van der Waals surface area (Å²) in [5.41, 5.74) is 6.54. The summed E-state index contributed by atoms with van der Waals surface area (Å²) in [5, 5.41) is 3.62. The van der Waals surface area contributed by atoms with Gasteiger partial charge in [0.1, 0.15) is 15.6 Å². The lowest BCUT2D eigenvalue weighted by molar-refractivity contribution is 0.0967. The Labute approximate surface area is 128 Å². The lowest BCUT2D eigenvalue weighted by atomic mass is 10.1. The maximum atomic E-state index is 11.9. The summed E-state index contributed by atoms with van der Waals surface area (Å²) in [6.45, 7) is 4.23. The minimum Gasteiger partial charge on any atom is -0.492 e. The highest BCUT2D eigenvalue weighted by molar-refractivity contribution is 7.19. The molecule has 3 N–H and O–H groups in total. The number of nitrogens with one attached hydrogen (secondary N) is 1. The number of hydrogen-bond acceptors (Lipinski definition) is 6. The summed E-state index contributed by atoms with van der Waals surface area (Å²) in [6, 6.07) is 0.621. The molecule has 0 bridgehead atoms. The van der Waals surface area contributed by atoms with E-state index >= 15 is 0 Å². The van der Waals surface area contributed by atoms with Crippen molar-refractivity contribution in [3.8, 4) is 5.75 Å². The minimum absolute atomic E-state index is 0.151. The van der Waals surface area contributed by atoms with Gasteiger partial charge in [0, 0.05) is 32.7 Å². The number of anilines is 2. The number of amides is 1. The zero-order valence-corrected chi connectivity index (χ0v) is 13.3. The van der Waals surface area contributed by atoms with Gasteiger partial charge in [-0.3, -0.25) is 9.69 Å². The van der Waals surface area contributed by atoms with E-state index in [0.29, 0.717) is 22.4 Å². The largest absolute Gasteiger partial charge is 0.492 e. The molecule has 1 atom stereocenters. The molecule has 3 rings (SSSR count). The molecule has 6 nitrogen and oxygen atoms in total. The van der Waals surface area contributed by atoms with Crippen molar-refractivity contribution in [1.82, 2.24) is 10.2 Å². The first kappa shape index (κ1) is 14.5. The summed E-state index contributed by atoms with van der Waals surface area (Å²) in [4.78, 5) is 17.3. The third kappa shape index (κ3) is 2.44. The van der Waals surface area contributed by atoms with E-state index in [1.807, 2.05) is 0 Å². The number of nitrogen functional groups attached to an aromatic ring is 1. The second-order valence-corrected chi connectivity index (χ2v) is 6.54. The Balaban J connectivity index is 1.89. The molecule has 2 aliphatic rings. The Hall–Kier alpha value is -1.47. The number of carbonyl (C=O) groups is 1. The number of carbonyl (C=O) groups excluding carboxylic acids is 1.